The number of nitro benzene ring substituents is 1. The lowest BCUT2D eigenvalue weighted by Crippen LogP contribution is -2.34. The number of nitrogens with zero attached hydrogens (tertiary/aromatic N) is 1. The SMILES string of the molecule is C[C@H](Br)C(=O)NNc1ccccc1[N+](=O)[O-]. The van der Waals surface area contributed by atoms with E-state index in [1.165, 1.54) is 12.1 Å². The number of nitro groups is 1. The Morgan fingerprint density at radius 1 is 1.50 bits per heavy atom. The van der Waals surface area contributed by atoms with Gasteiger partial charge in [0.05, 0.1) is 9.75 Å². The summed E-state index contributed by atoms with van der Waals surface area (Å²) in [6.07, 6.45) is 0. The van der Waals surface area contributed by atoms with Gasteiger partial charge in [-0.2, -0.15) is 0 Å². The smallest absolute Gasteiger partial charge is 0.292 e. The van der Waals surface area contributed by atoms with Crippen molar-refractivity contribution in [1.82, 2.24) is 5.43 Å². The molecule has 0 spiro atoms. The van der Waals surface area contributed by atoms with Crippen molar-refractivity contribution < 1.29 is 9.72 Å². The van der Waals surface area contributed by atoms with Gasteiger partial charge in [-0.3, -0.25) is 25.8 Å². The number of hydrogen-bond acceptors (Lipinski definition) is 4. The lowest BCUT2D eigenvalue weighted by atomic mass is 10.3. The molecule has 0 aliphatic heterocycles. The number of halogens is 1. The lowest BCUT2D eigenvalue weighted by molar-refractivity contribution is -0.384. The minimum atomic E-state index is -0.522. The van der Waals surface area contributed by atoms with Gasteiger partial charge in [0.25, 0.3) is 11.6 Å². The van der Waals surface area contributed by atoms with Gasteiger partial charge in [0.1, 0.15) is 5.69 Å². The molecule has 1 atom stereocenters. The first-order valence-electron chi connectivity index (χ1n) is 4.45. The molecule has 2 N–H and O–H groups in total. The summed E-state index contributed by atoms with van der Waals surface area (Å²) in [5.41, 5.74) is 5.01. The van der Waals surface area contributed by atoms with Crippen molar-refractivity contribution in [3.63, 3.8) is 0 Å². The zero-order valence-electron chi connectivity index (χ0n) is 8.44. The van der Waals surface area contributed by atoms with Crippen LogP contribution in [-0.2, 0) is 4.79 Å². The molecule has 1 aromatic rings. The molecule has 0 aliphatic rings. The number of anilines is 1. The first-order valence-corrected chi connectivity index (χ1v) is 5.37. The molecule has 1 rings (SSSR count). The van der Waals surface area contributed by atoms with Crippen LogP contribution in [0, 0.1) is 10.1 Å². The molecule has 0 saturated carbocycles. The normalized spacial score (nSPS) is 11.6. The Bertz CT molecular complexity index is 409. The molecule has 0 fully saturated rings. The molecule has 7 heteroatoms. The molecule has 0 radical (unpaired) electrons. The molecule has 16 heavy (non-hydrogen) atoms. The second-order valence-corrected chi connectivity index (χ2v) is 4.38. The molecule has 6 nitrogen and oxygen atoms in total. The Balaban J connectivity index is 2.74. The highest BCUT2D eigenvalue weighted by atomic mass is 79.9. The van der Waals surface area contributed by atoms with Gasteiger partial charge in [-0.15, -0.1) is 0 Å². The minimum Gasteiger partial charge on any atom is -0.292 e. The first-order chi connectivity index (χ1) is 7.52. The molecular formula is C9H10BrN3O3. The summed E-state index contributed by atoms with van der Waals surface area (Å²) in [5, 5.41) is 10.6. The third-order valence-corrected chi connectivity index (χ3v) is 2.20. The van der Waals surface area contributed by atoms with Crippen molar-refractivity contribution in [3.8, 4) is 0 Å². The van der Waals surface area contributed by atoms with E-state index in [-0.39, 0.29) is 22.1 Å². The molecule has 0 unspecified atom stereocenters. The van der Waals surface area contributed by atoms with E-state index < -0.39 is 4.92 Å². The fourth-order valence-corrected chi connectivity index (χ4v) is 1.08. The van der Waals surface area contributed by atoms with Crippen molar-refractivity contribution >= 4 is 33.2 Å². The molecule has 0 saturated heterocycles. The maximum absolute atomic E-state index is 11.2. The number of alkyl halides is 1. The van der Waals surface area contributed by atoms with E-state index in [9.17, 15) is 14.9 Å². The van der Waals surface area contributed by atoms with E-state index in [4.69, 9.17) is 0 Å². The van der Waals surface area contributed by atoms with Crippen LogP contribution in [0.5, 0.6) is 0 Å². The van der Waals surface area contributed by atoms with Crippen LogP contribution in [0.15, 0.2) is 24.3 Å². The Kier molecular flexibility index (Phi) is 4.24. The molecular weight excluding hydrogens is 278 g/mol. The highest BCUT2D eigenvalue weighted by Crippen LogP contribution is 2.22. The van der Waals surface area contributed by atoms with E-state index >= 15 is 0 Å². The Morgan fingerprint density at radius 3 is 2.69 bits per heavy atom. The molecule has 0 aromatic heterocycles. The van der Waals surface area contributed by atoms with Crippen LogP contribution < -0.4 is 10.9 Å². The average molecular weight is 288 g/mol. The molecule has 0 heterocycles. The number of para-hydroxylation sites is 2. The Morgan fingerprint density at radius 2 is 2.12 bits per heavy atom. The Labute approximate surface area is 100 Å². The van der Waals surface area contributed by atoms with Crippen molar-refractivity contribution in [2.24, 2.45) is 0 Å². The number of carbonyl (C=O) groups excluding carboxylic acids is 1. The maximum atomic E-state index is 11.2. The number of hydrazine groups is 1. The van der Waals surface area contributed by atoms with Crippen molar-refractivity contribution in [1.29, 1.82) is 0 Å². The van der Waals surface area contributed by atoms with Gasteiger partial charge in [-0.1, -0.05) is 28.1 Å². The number of nitrogens with one attached hydrogen (secondary N) is 2. The first kappa shape index (κ1) is 12.4. The van der Waals surface area contributed by atoms with E-state index in [2.05, 4.69) is 26.8 Å². The van der Waals surface area contributed by atoms with Crippen LogP contribution in [-0.4, -0.2) is 15.7 Å². The summed E-state index contributed by atoms with van der Waals surface area (Å²) in [4.78, 5) is 21.0. The van der Waals surface area contributed by atoms with E-state index in [0.717, 1.165) is 0 Å². The van der Waals surface area contributed by atoms with E-state index in [1.54, 1.807) is 19.1 Å². The molecule has 1 aromatic carbocycles. The standard InChI is InChI=1S/C9H10BrN3O3/c1-6(10)9(14)12-11-7-4-2-3-5-8(7)13(15)16/h2-6,11H,1H3,(H,12,14)/t6-/m0/s1. The topological polar surface area (TPSA) is 84.3 Å². The van der Waals surface area contributed by atoms with Crippen molar-refractivity contribution in [2.75, 3.05) is 5.43 Å². The largest absolute Gasteiger partial charge is 0.294 e. The molecule has 1 amide bonds. The van der Waals surface area contributed by atoms with Crippen LogP contribution in [0.4, 0.5) is 11.4 Å². The van der Waals surface area contributed by atoms with E-state index in [1.807, 2.05) is 0 Å². The Hall–Kier alpha value is -1.63. The minimum absolute atomic E-state index is 0.0926. The van der Waals surface area contributed by atoms with Gasteiger partial charge in [0.15, 0.2) is 0 Å². The van der Waals surface area contributed by atoms with Gasteiger partial charge >= 0.3 is 0 Å². The third-order valence-electron chi connectivity index (χ3n) is 1.78. The van der Waals surface area contributed by atoms with Crippen LogP contribution in [0.2, 0.25) is 0 Å². The zero-order chi connectivity index (χ0) is 12.1. The monoisotopic (exact) mass is 287 g/mol. The zero-order valence-corrected chi connectivity index (χ0v) is 10.0. The van der Waals surface area contributed by atoms with Crippen molar-refractivity contribution in [2.45, 2.75) is 11.8 Å². The number of carbonyl (C=O) groups is 1. The second-order valence-electron chi connectivity index (χ2n) is 3.00. The number of benzene rings is 1. The van der Waals surface area contributed by atoms with Gasteiger partial charge in [-0.25, -0.2) is 0 Å². The maximum Gasteiger partial charge on any atom is 0.294 e. The molecule has 86 valence electrons. The summed E-state index contributed by atoms with van der Waals surface area (Å²) in [6.45, 7) is 1.65. The molecule has 0 bridgehead atoms. The fourth-order valence-electron chi connectivity index (χ4n) is 0.967. The number of amides is 1. The van der Waals surface area contributed by atoms with Crippen molar-refractivity contribution in [3.05, 3.63) is 34.4 Å². The quantitative estimate of drug-likeness (QED) is 0.503. The average Bonchev–Trinajstić information content (AvgIpc) is 2.25. The number of hydrogen-bond donors (Lipinski definition) is 2. The summed E-state index contributed by atoms with van der Waals surface area (Å²) < 4.78 is 0. The van der Waals surface area contributed by atoms with Gasteiger partial charge in [0, 0.05) is 6.07 Å². The summed E-state index contributed by atoms with van der Waals surface area (Å²) >= 11 is 3.07. The predicted octanol–water partition coefficient (Wildman–Crippen LogP) is 1.82. The highest BCUT2D eigenvalue weighted by Gasteiger charge is 2.13. The highest BCUT2D eigenvalue weighted by molar-refractivity contribution is 9.10. The predicted molar refractivity (Wildman–Crippen MR) is 63.3 cm³/mol. The second kappa shape index (κ2) is 5.45. The summed E-state index contributed by atoms with van der Waals surface area (Å²) in [5.74, 6) is -0.307. The van der Waals surface area contributed by atoms with Gasteiger partial charge < -0.3 is 0 Å². The van der Waals surface area contributed by atoms with Gasteiger partial charge in [0.2, 0.25) is 0 Å². The van der Waals surface area contributed by atoms with Crippen LogP contribution in [0.3, 0.4) is 0 Å². The van der Waals surface area contributed by atoms with Crippen LogP contribution in [0.25, 0.3) is 0 Å². The third kappa shape index (κ3) is 3.20. The van der Waals surface area contributed by atoms with Crippen LogP contribution >= 0.6 is 15.9 Å². The van der Waals surface area contributed by atoms with Gasteiger partial charge in [-0.05, 0) is 13.0 Å². The summed E-state index contributed by atoms with van der Waals surface area (Å²) in [6, 6.07) is 6.06. The molecule has 0 aliphatic carbocycles. The summed E-state index contributed by atoms with van der Waals surface area (Å²) in [7, 11) is 0. The van der Waals surface area contributed by atoms with E-state index in [0.29, 0.717) is 0 Å². The fraction of sp³-hybridized carbons (Fsp3) is 0.222. The van der Waals surface area contributed by atoms with Crippen LogP contribution in [0.1, 0.15) is 6.92 Å². The number of rotatable bonds is 4. The lowest BCUT2D eigenvalue weighted by Gasteiger charge is -2.09.